The van der Waals surface area contributed by atoms with Crippen molar-refractivity contribution in [3.63, 3.8) is 0 Å². The number of carbonyl (C=O) groups excluding carboxylic acids is 3. The first kappa shape index (κ1) is 29.0. The second-order valence-corrected chi connectivity index (χ2v) is 9.84. The fourth-order valence-electron chi connectivity index (χ4n) is 3.33. The molecule has 3 N–H and O–H groups in total. The van der Waals surface area contributed by atoms with Crippen molar-refractivity contribution in [3.8, 4) is 11.5 Å². The number of hydrazone groups is 1. The second-order valence-electron chi connectivity index (χ2n) is 7.80. The smallest absolute Gasteiger partial charge is 0.329 e. The first-order chi connectivity index (χ1) is 17.7. The average Bonchev–Trinajstić information content (AvgIpc) is 3.35. The first-order valence-electron chi connectivity index (χ1n) is 11.3. The summed E-state index contributed by atoms with van der Waals surface area (Å²) in [5.41, 5.74) is 3.22. The summed E-state index contributed by atoms with van der Waals surface area (Å²) in [6.45, 7) is 2.81. The maximum atomic E-state index is 12.4. The number of halogens is 3. The number of rotatable bonds is 10. The SMILES string of the molecule is CCOc1cc(/C=N\NC(=O)C(=O)NC[C@@H]2CCCO2)cc(I)c1OCC(=O)Nc1cc(Cl)cc(Cl)c1. The van der Waals surface area contributed by atoms with Gasteiger partial charge in [-0.15, -0.1) is 0 Å². The molecule has 37 heavy (non-hydrogen) atoms. The highest BCUT2D eigenvalue weighted by atomic mass is 127. The van der Waals surface area contributed by atoms with Gasteiger partial charge in [0, 0.05) is 28.9 Å². The van der Waals surface area contributed by atoms with E-state index >= 15 is 0 Å². The number of anilines is 1. The highest BCUT2D eigenvalue weighted by Gasteiger charge is 2.19. The van der Waals surface area contributed by atoms with E-state index in [1.165, 1.54) is 6.21 Å². The highest BCUT2D eigenvalue weighted by molar-refractivity contribution is 14.1. The minimum atomic E-state index is -0.888. The molecule has 0 radical (unpaired) electrons. The zero-order chi connectivity index (χ0) is 26.8. The van der Waals surface area contributed by atoms with Crippen molar-refractivity contribution in [2.24, 2.45) is 5.10 Å². The van der Waals surface area contributed by atoms with Crippen LogP contribution in [0.1, 0.15) is 25.3 Å². The number of nitrogens with one attached hydrogen (secondary N) is 3. The molecule has 10 nitrogen and oxygen atoms in total. The Balaban J connectivity index is 1.57. The van der Waals surface area contributed by atoms with Gasteiger partial charge in [-0.25, -0.2) is 5.43 Å². The van der Waals surface area contributed by atoms with Crippen molar-refractivity contribution in [2.45, 2.75) is 25.9 Å². The molecule has 0 saturated carbocycles. The van der Waals surface area contributed by atoms with Crippen LogP contribution in [0.3, 0.4) is 0 Å². The summed E-state index contributed by atoms with van der Waals surface area (Å²) in [6, 6.07) is 8.06. The zero-order valence-corrected chi connectivity index (χ0v) is 23.5. The van der Waals surface area contributed by atoms with Gasteiger partial charge < -0.3 is 24.8 Å². The van der Waals surface area contributed by atoms with Gasteiger partial charge in [-0.05, 0) is 78.3 Å². The molecule has 1 saturated heterocycles. The minimum Gasteiger partial charge on any atom is -0.490 e. The Morgan fingerprint density at radius 3 is 2.57 bits per heavy atom. The van der Waals surface area contributed by atoms with Gasteiger partial charge in [-0.3, -0.25) is 14.4 Å². The number of hydrogen-bond donors (Lipinski definition) is 3. The molecule has 2 aromatic rings. The van der Waals surface area contributed by atoms with Crippen LogP contribution in [0, 0.1) is 3.57 Å². The molecule has 13 heteroatoms. The van der Waals surface area contributed by atoms with Gasteiger partial charge in [0.25, 0.3) is 5.91 Å². The number of nitrogens with zero attached hydrogens (tertiary/aromatic N) is 1. The zero-order valence-electron chi connectivity index (χ0n) is 19.8. The Bertz CT molecular complexity index is 1150. The number of hydrogen-bond acceptors (Lipinski definition) is 7. The lowest BCUT2D eigenvalue weighted by Gasteiger charge is -2.15. The third-order valence-corrected chi connectivity index (χ3v) is 6.16. The summed E-state index contributed by atoms with van der Waals surface area (Å²) in [5.74, 6) is -1.34. The maximum Gasteiger partial charge on any atom is 0.329 e. The van der Waals surface area contributed by atoms with Crippen LogP contribution in [-0.4, -0.2) is 56.4 Å². The summed E-state index contributed by atoms with van der Waals surface area (Å²) in [5, 5.41) is 9.83. The summed E-state index contributed by atoms with van der Waals surface area (Å²) in [4.78, 5) is 36.3. The third kappa shape index (κ3) is 9.33. The predicted molar refractivity (Wildman–Crippen MR) is 149 cm³/mol. The molecule has 1 heterocycles. The highest BCUT2D eigenvalue weighted by Crippen LogP contribution is 2.34. The molecule has 0 spiro atoms. The molecular formula is C24H25Cl2IN4O6. The fraction of sp³-hybridized carbons (Fsp3) is 0.333. The molecule has 0 aromatic heterocycles. The lowest BCUT2D eigenvalue weighted by atomic mass is 10.2. The molecule has 1 aliphatic rings. The Hall–Kier alpha value is -2.61. The minimum absolute atomic E-state index is 0.0681. The van der Waals surface area contributed by atoms with Crippen molar-refractivity contribution in [2.75, 3.05) is 31.7 Å². The fourth-order valence-corrected chi connectivity index (χ4v) is 4.64. The number of ether oxygens (including phenoxy) is 3. The maximum absolute atomic E-state index is 12.4. The third-order valence-electron chi connectivity index (χ3n) is 4.93. The largest absolute Gasteiger partial charge is 0.490 e. The van der Waals surface area contributed by atoms with Crippen LogP contribution in [0.2, 0.25) is 10.0 Å². The molecule has 0 bridgehead atoms. The number of carbonyl (C=O) groups is 3. The molecule has 1 atom stereocenters. The normalized spacial score (nSPS) is 14.9. The molecule has 3 amide bonds. The van der Waals surface area contributed by atoms with E-state index in [0.29, 0.717) is 49.6 Å². The van der Waals surface area contributed by atoms with Gasteiger partial charge in [-0.2, -0.15) is 5.10 Å². The first-order valence-corrected chi connectivity index (χ1v) is 13.2. The molecule has 2 aromatic carbocycles. The van der Waals surface area contributed by atoms with E-state index in [1.807, 2.05) is 29.5 Å². The van der Waals surface area contributed by atoms with Crippen molar-refractivity contribution >= 4 is 75.4 Å². The lowest BCUT2D eigenvalue weighted by molar-refractivity contribution is -0.139. The lowest BCUT2D eigenvalue weighted by Crippen LogP contribution is -2.41. The van der Waals surface area contributed by atoms with E-state index in [0.717, 1.165) is 12.8 Å². The van der Waals surface area contributed by atoms with E-state index in [-0.39, 0.29) is 19.3 Å². The van der Waals surface area contributed by atoms with Crippen LogP contribution < -0.4 is 25.5 Å². The Labute approximate surface area is 237 Å². The summed E-state index contributed by atoms with van der Waals surface area (Å²) in [6.07, 6.45) is 3.09. The standard InChI is InChI=1S/C24H25Cl2IN4O6/c1-2-35-20-7-14(11-29-31-24(34)23(33)28-12-18-4-3-5-36-18)6-19(27)22(20)37-13-21(32)30-17-9-15(25)8-16(26)10-17/h6-11,18H,2-5,12-13H2,1H3,(H,28,33)(H,30,32)(H,31,34)/b29-11-/t18-/m0/s1. The molecule has 3 rings (SSSR count). The average molecular weight is 663 g/mol. The number of benzene rings is 2. The summed E-state index contributed by atoms with van der Waals surface area (Å²) >= 11 is 14.0. The van der Waals surface area contributed by atoms with Crippen LogP contribution in [0.5, 0.6) is 11.5 Å². The topological polar surface area (TPSA) is 127 Å². The van der Waals surface area contributed by atoms with Gasteiger partial charge in [0.15, 0.2) is 18.1 Å². The van der Waals surface area contributed by atoms with Gasteiger partial charge in [-0.1, -0.05) is 23.2 Å². The molecular weight excluding hydrogens is 638 g/mol. The summed E-state index contributed by atoms with van der Waals surface area (Å²) < 4.78 is 17.4. The van der Waals surface area contributed by atoms with E-state index in [1.54, 1.807) is 30.3 Å². The van der Waals surface area contributed by atoms with Gasteiger partial charge in [0.05, 0.1) is 22.5 Å². The molecule has 0 aliphatic carbocycles. The molecule has 0 unspecified atom stereocenters. The van der Waals surface area contributed by atoms with Crippen LogP contribution >= 0.6 is 45.8 Å². The van der Waals surface area contributed by atoms with Gasteiger partial charge in [0.1, 0.15) is 0 Å². The monoisotopic (exact) mass is 662 g/mol. The Morgan fingerprint density at radius 2 is 1.89 bits per heavy atom. The predicted octanol–water partition coefficient (Wildman–Crippen LogP) is 3.76. The van der Waals surface area contributed by atoms with Crippen molar-refractivity contribution in [1.29, 1.82) is 0 Å². The van der Waals surface area contributed by atoms with E-state index in [2.05, 4.69) is 21.2 Å². The van der Waals surface area contributed by atoms with E-state index in [9.17, 15) is 14.4 Å². The molecule has 198 valence electrons. The Kier molecular flexibility index (Phi) is 11.2. The van der Waals surface area contributed by atoms with Crippen LogP contribution in [0.25, 0.3) is 0 Å². The van der Waals surface area contributed by atoms with Crippen molar-refractivity contribution < 1.29 is 28.6 Å². The van der Waals surface area contributed by atoms with E-state index < -0.39 is 17.7 Å². The molecule has 1 aliphatic heterocycles. The Morgan fingerprint density at radius 1 is 1.14 bits per heavy atom. The van der Waals surface area contributed by atoms with Crippen LogP contribution in [0.4, 0.5) is 5.69 Å². The second kappa shape index (κ2) is 14.4. The quantitative estimate of drug-likeness (QED) is 0.154. The van der Waals surface area contributed by atoms with Gasteiger partial charge in [0.2, 0.25) is 0 Å². The van der Waals surface area contributed by atoms with Crippen LogP contribution in [0.15, 0.2) is 35.4 Å². The van der Waals surface area contributed by atoms with Crippen LogP contribution in [-0.2, 0) is 19.1 Å². The van der Waals surface area contributed by atoms with Gasteiger partial charge >= 0.3 is 11.8 Å². The summed E-state index contributed by atoms with van der Waals surface area (Å²) in [7, 11) is 0. The van der Waals surface area contributed by atoms with E-state index in [4.69, 9.17) is 37.4 Å². The van der Waals surface area contributed by atoms with Crippen molar-refractivity contribution in [1.82, 2.24) is 10.7 Å². The van der Waals surface area contributed by atoms with Crippen molar-refractivity contribution in [3.05, 3.63) is 49.5 Å². The number of amides is 3. The molecule has 1 fully saturated rings.